The van der Waals surface area contributed by atoms with Gasteiger partial charge in [0, 0.05) is 4.75 Å². The summed E-state index contributed by atoms with van der Waals surface area (Å²) in [6, 6.07) is 13.6. The molecular weight excluding hydrogens is 336 g/mol. The van der Waals surface area contributed by atoms with Crippen molar-refractivity contribution in [1.82, 2.24) is 10.9 Å². The van der Waals surface area contributed by atoms with Crippen LogP contribution in [0.15, 0.2) is 42.5 Å². The molecule has 2 N–H and O–H groups in total. The number of hydrazine groups is 1. The van der Waals surface area contributed by atoms with Gasteiger partial charge in [-0.1, -0.05) is 51.1 Å². The van der Waals surface area contributed by atoms with Gasteiger partial charge in [-0.3, -0.25) is 20.4 Å². The van der Waals surface area contributed by atoms with Gasteiger partial charge in [0.05, 0.1) is 5.75 Å². The highest BCUT2D eigenvalue weighted by Gasteiger charge is 2.17. The Morgan fingerprint density at radius 3 is 2.44 bits per heavy atom. The fraction of sp³-hybridized carbons (Fsp3) is 0.368. The number of ether oxygens (including phenoxy) is 1. The van der Waals surface area contributed by atoms with E-state index in [9.17, 15) is 9.59 Å². The number of carbonyl (C=O) groups excluding carboxylic acids is 2. The molecule has 1 atom stereocenters. The molecule has 0 aliphatic heterocycles. The minimum Gasteiger partial charge on any atom is -0.481 e. The van der Waals surface area contributed by atoms with Crippen LogP contribution in [0.25, 0.3) is 10.8 Å². The van der Waals surface area contributed by atoms with Crippen LogP contribution in [0.4, 0.5) is 0 Å². The molecule has 0 saturated heterocycles. The molecule has 0 fully saturated rings. The molecule has 134 valence electrons. The molecule has 0 spiro atoms. The molecular formula is C19H24N2O3S. The molecule has 2 amide bonds. The van der Waals surface area contributed by atoms with Gasteiger partial charge in [-0.25, -0.2) is 0 Å². The molecule has 0 aromatic heterocycles. The summed E-state index contributed by atoms with van der Waals surface area (Å²) < 4.78 is 5.66. The molecule has 25 heavy (non-hydrogen) atoms. The predicted octanol–water partition coefficient (Wildman–Crippen LogP) is 3.29. The Kier molecular flexibility index (Phi) is 6.31. The highest BCUT2D eigenvalue weighted by molar-refractivity contribution is 8.01. The zero-order valence-electron chi connectivity index (χ0n) is 15.0. The lowest BCUT2D eigenvalue weighted by Crippen LogP contribution is -2.48. The number of nitrogens with one attached hydrogen (secondary N) is 2. The molecule has 2 aromatic rings. The van der Waals surface area contributed by atoms with Gasteiger partial charge in [0.2, 0.25) is 5.91 Å². The number of thioether (sulfide) groups is 1. The predicted molar refractivity (Wildman–Crippen MR) is 103 cm³/mol. The number of amides is 2. The average Bonchev–Trinajstić information content (AvgIpc) is 2.57. The second-order valence-corrected chi connectivity index (χ2v) is 8.51. The van der Waals surface area contributed by atoms with E-state index in [1.807, 2.05) is 63.2 Å². The zero-order chi connectivity index (χ0) is 18.4. The number of fused-ring (bicyclic) bond motifs is 1. The molecule has 5 nitrogen and oxygen atoms in total. The van der Waals surface area contributed by atoms with Crippen molar-refractivity contribution in [3.63, 3.8) is 0 Å². The standard InChI is InChI=1S/C19H24N2O3S/c1-13(18(23)21-20-17(22)12-25-19(2,3)4)24-16-10-9-14-7-5-6-8-15(14)11-16/h5-11,13H,12H2,1-4H3,(H,20,22)(H,21,23). The first-order valence-electron chi connectivity index (χ1n) is 8.13. The number of benzene rings is 2. The average molecular weight is 360 g/mol. The molecule has 0 radical (unpaired) electrons. The Morgan fingerprint density at radius 2 is 1.76 bits per heavy atom. The van der Waals surface area contributed by atoms with Crippen molar-refractivity contribution < 1.29 is 14.3 Å². The molecule has 1 unspecified atom stereocenters. The quantitative estimate of drug-likeness (QED) is 0.803. The number of carbonyl (C=O) groups is 2. The number of hydrogen-bond donors (Lipinski definition) is 2. The van der Waals surface area contributed by atoms with Gasteiger partial charge in [0.1, 0.15) is 5.75 Å². The van der Waals surface area contributed by atoms with Gasteiger partial charge in [-0.2, -0.15) is 0 Å². The van der Waals surface area contributed by atoms with Gasteiger partial charge < -0.3 is 4.74 Å². The number of hydrogen-bond acceptors (Lipinski definition) is 4. The molecule has 0 bridgehead atoms. The maximum atomic E-state index is 12.1. The smallest absolute Gasteiger partial charge is 0.279 e. The van der Waals surface area contributed by atoms with Crippen LogP contribution in [0.2, 0.25) is 0 Å². The lowest BCUT2D eigenvalue weighted by molar-refractivity contribution is -0.131. The Balaban J connectivity index is 1.84. The molecule has 2 aromatic carbocycles. The van der Waals surface area contributed by atoms with Crippen molar-refractivity contribution >= 4 is 34.3 Å². The first kappa shape index (κ1) is 19.1. The summed E-state index contributed by atoms with van der Waals surface area (Å²) in [5.41, 5.74) is 4.81. The van der Waals surface area contributed by atoms with Crippen LogP contribution in [0, 0.1) is 0 Å². The first-order chi connectivity index (χ1) is 11.7. The van der Waals surface area contributed by atoms with E-state index in [0.29, 0.717) is 5.75 Å². The molecule has 2 rings (SSSR count). The van der Waals surface area contributed by atoms with Crippen molar-refractivity contribution in [3.8, 4) is 5.75 Å². The topological polar surface area (TPSA) is 67.4 Å². The second-order valence-electron chi connectivity index (χ2n) is 6.71. The van der Waals surface area contributed by atoms with Crippen LogP contribution in [-0.4, -0.2) is 28.4 Å². The maximum absolute atomic E-state index is 12.1. The highest BCUT2D eigenvalue weighted by atomic mass is 32.2. The van der Waals surface area contributed by atoms with Gasteiger partial charge in [0.25, 0.3) is 5.91 Å². The summed E-state index contributed by atoms with van der Waals surface area (Å²) >= 11 is 1.51. The fourth-order valence-electron chi connectivity index (χ4n) is 2.05. The second kappa shape index (κ2) is 8.25. The van der Waals surface area contributed by atoms with Crippen LogP contribution in [0.1, 0.15) is 27.7 Å². The van der Waals surface area contributed by atoms with Gasteiger partial charge in [-0.15, -0.1) is 11.8 Å². The third-order valence-electron chi connectivity index (χ3n) is 3.36. The van der Waals surface area contributed by atoms with Crippen molar-refractivity contribution in [2.24, 2.45) is 0 Å². The summed E-state index contributed by atoms with van der Waals surface area (Å²) in [5, 5.41) is 2.15. The summed E-state index contributed by atoms with van der Waals surface area (Å²) in [7, 11) is 0. The SMILES string of the molecule is CC(Oc1ccc2ccccc2c1)C(=O)NNC(=O)CSC(C)(C)C. The summed E-state index contributed by atoms with van der Waals surface area (Å²) in [6.07, 6.45) is -0.725. The molecule has 0 aliphatic rings. The lowest BCUT2D eigenvalue weighted by atomic mass is 10.1. The van der Waals surface area contributed by atoms with Crippen molar-refractivity contribution in [2.45, 2.75) is 38.5 Å². The minimum absolute atomic E-state index is 0.00612. The monoisotopic (exact) mass is 360 g/mol. The third kappa shape index (κ3) is 6.31. The largest absolute Gasteiger partial charge is 0.481 e. The van der Waals surface area contributed by atoms with Crippen molar-refractivity contribution in [3.05, 3.63) is 42.5 Å². The third-order valence-corrected chi connectivity index (χ3v) is 4.64. The van der Waals surface area contributed by atoms with E-state index < -0.39 is 12.0 Å². The van der Waals surface area contributed by atoms with Crippen LogP contribution in [0.3, 0.4) is 0 Å². The summed E-state index contributed by atoms with van der Waals surface area (Å²) in [4.78, 5) is 23.8. The number of rotatable bonds is 5. The molecule has 0 aliphatic carbocycles. The Hall–Kier alpha value is -2.21. The highest BCUT2D eigenvalue weighted by Crippen LogP contribution is 2.22. The van der Waals surface area contributed by atoms with Crippen LogP contribution >= 0.6 is 11.8 Å². The van der Waals surface area contributed by atoms with Crippen molar-refractivity contribution in [1.29, 1.82) is 0 Å². The first-order valence-corrected chi connectivity index (χ1v) is 9.11. The normalized spacial score (nSPS) is 12.5. The van der Waals surface area contributed by atoms with Gasteiger partial charge >= 0.3 is 0 Å². The van der Waals surface area contributed by atoms with Crippen molar-refractivity contribution in [2.75, 3.05) is 5.75 Å². The molecule has 6 heteroatoms. The van der Waals surface area contributed by atoms with Crippen LogP contribution < -0.4 is 15.6 Å². The van der Waals surface area contributed by atoms with E-state index in [2.05, 4.69) is 10.9 Å². The zero-order valence-corrected chi connectivity index (χ0v) is 15.8. The van der Waals surface area contributed by atoms with Crippen LogP contribution in [-0.2, 0) is 9.59 Å². The van der Waals surface area contributed by atoms with Gasteiger partial charge in [0.15, 0.2) is 6.10 Å². The van der Waals surface area contributed by atoms with E-state index >= 15 is 0 Å². The van der Waals surface area contributed by atoms with E-state index in [0.717, 1.165) is 10.8 Å². The maximum Gasteiger partial charge on any atom is 0.279 e. The van der Waals surface area contributed by atoms with E-state index in [1.54, 1.807) is 6.92 Å². The molecule has 0 heterocycles. The lowest BCUT2D eigenvalue weighted by Gasteiger charge is -2.18. The summed E-state index contributed by atoms with van der Waals surface area (Å²) in [5.74, 6) is 0.244. The van der Waals surface area contributed by atoms with Crippen LogP contribution in [0.5, 0.6) is 5.75 Å². The summed E-state index contributed by atoms with van der Waals surface area (Å²) in [6.45, 7) is 7.73. The molecule has 0 saturated carbocycles. The fourth-order valence-corrected chi connectivity index (χ4v) is 2.69. The van der Waals surface area contributed by atoms with E-state index in [4.69, 9.17) is 4.74 Å². The van der Waals surface area contributed by atoms with E-state index in [1.165, 1.54) is 11.8 Å². The Labute approximate surface area is 152 Å². The van der Waals surface area contributed by atoms with E-state index in [-0.39, 0.29) is 16.4 Å². The Morgan fingerprint density at radius 1 is 1.08 bits per heavy atom. The van der Waals surface area contributed by atoms with Gasteiger partial charge in [-0.05, 0) is 29.8 Å². The Bertz CT molecular complexity index is 756. The minimum atomic E-state index is -0.725.